The summed E-state index contributed by atoms with van der Waals surface area (Å²) in [6, 6.07) is 9.36. The lowest BCUT2D eigenvalue weighted by Gasteiger charge is -2.08. The van der Waals surface area contributed by atoms with Crippen LogP contribution >= 0.6 is 0 Å². The maximum Gasteiger partial charge on any atom is 0.269 e. The zero-order chi connectivity index (χ0) is 21.4. The molecule has 0 fully saturated rings. The molecule has 29 heavy (non-hydrogen) atoms. The SMILES string of the molecule is CC(C)=CCC/C(C)=C/Cc1c(O)cc(/C=C/c2ccc([N+](=O)[O-])cc2)cc1O. The fourth-order valence-corrected chi connectivity index (χ4v) is 2.83. The summed E-state index contributed by atoms with van der Waals surface area (Å²) in [5.74, 6) is 0.0865. The van der Waals surface area contributed by atoms with Gasteiger partial charge in [-0.3, -0.25) is 10.1 Å². The molecule has 0 amide bonds. The Morgan fingerprint density at radius 1 is 0.966 bits per heavy atom. The van der Waals surface area contributed by atoms with Crippen molar-refractivity contribution < 1.29 is 15.1 Å². The number of nitro groups is 1. The number of benzene rings is 2. The van der Waals surface area contributed by atoms with Gasteiger partial charge in [0.1, 0.15) is 11.5 Å². The Kier molecular flexibility index (Phi) is 7.78. The Morgan fingerprint density at radius 3 is 2.10 bits per heavy atom. The second-order valence-electron chi connectivity index (χ2n) is 7.29. The first-order valence-electron chi connectivity index (χ1n) is 9.52. The Morgan fingerprint density at radius 2 is 1.55 bits per heavy atom. The van der Waals surface area contributed by atoms with Gasteiger partial charge in [0.2, 0.25) is 0 Å². The third-order valence-electron chi connectivity index (χ3n) is 4.54. The van der Waals surface area contributed by atoms with Gasteiger partial charge in [0.15, 0.2) is 0 Å². The number of phenolic OH excluding ortho intramolecular Hbond substituents is 2. The van der Waals surface area contributed by atoms with Crippen LogP contribution in [0.3, 0.4) is 0 Å². The molecule has 0 unspecified atom stereocenters. The van der Waals surface area contributed by atoms with E-state index < -0.39 is 4.92 Å². The Bertz CT molecular complexity index is 926. The quantitative estimate of drug-likeness (QED) is 0.235. The van der Waals surface area contributed by atoms with E-state index in [1.54, 1.807) is 36.4 Å². The van der Waals surface area contributed by atoms with E-state index in [1.807, 2.05) is 13.0 Å². The first kappa shape index (κ1) is 22.0. The van der Waals surface area contributed by atoms with Crippen molar-refractivity contribution in [2.45, 2.75) is 40.0 Å². The molecule has 5 nitrogen and oxygen atoms in total. The van der Waals surface area contributed by atoms with E-state index in [4.69, 9.17) is 0 Å². The summed E-state index contributed by atoms with van der Waals surface area (Å²) in [7, 11) is 0. The van der Waals surface area contributed by atoms with Gasteiger partial charge in [-0.05, 0) is 75.4 Å². The molecule has 0 bridgehead atoms. The van der Waals surface area contributed by atoms with Crippen LogP contribution in [-0.2, 0) is 6.42 Å². The van der Waals surface area contributed by atoms with Crippen LogP contribution in [0, 0.1) is 10.1 Å². The fourth-order valence-electron chi connectivity index (χ4n) is 2.83. The van der Waals surface area contributed by atoms with Crippen molar-refractivity contribution in [1.82, 2.24) is 0 Å². The first-order chi connectivity index (χ1) is 13.8. The molecule has 0 aliphatic rings. The third-order valence-corrected chi connectivity index (χ3v) is 4.54. The Balaban J connectivity index is 2.08. The molecule has 5 heteroatoms. The molecule has 0 aromatic heterocycles. The monoisotopic (exact) mass is 393 g/mol. The number of hydrogen-bond acceptors (Lipinski definition) is 4. The van der Waals surface area contributed by atoms with Crippen LogP contribution < -0.4 is 0 Å². The Hall–Kier alpha value is -3.34. The largest absolute Gasteiger partial charge is 0.507 e. The summed E-state index contributed by atoms with van der Waals surface area (Å²) in [5.41, 5.74) is 4.47. The van der Waals surface area contributed by atoms with Crippen LogP contribution in [0.2, 0.25) is 0 Å². The van der Waals surface area contributed by atoms with Crippen molar-refractivity contribution >= 4 is 17.8 Å². The van der Waals surface area contributed by atoms with E-state index in [0.717, 1.165) is 18.4 Å². The summed E-state index contributed by atoms with van der Waals surface area (Å²) < 4.78 is 0. The van der Waals surface area contributed by atoms with Crippen LogP contribution in [0.1, 0.15) is 50.3 Å². The molecule has 2 aromatic rings. The third kappa shape index (κ3) is 6.96. The van der Waals surface area contributed by atoms with Crippen LogP contribution in [0.25, 0.3) is 12.2 Å². The highest BCUT2D eigenvalue weighted by atomic mass is 16.6. The van der Waals surface area contributed by atoms with Crippen molar-refractivity contribution in [2.75, 3.05) is 0 Å². The van der Waals surface area contributed by atoms with Crippen LogP contribution in [0.4, 0.5) is 5.69 Å². The average molecular weight is 393 g/mol. The smallest absolute Gasteiger partial charge is 0.269 e. The second-order valence-corrected chi connectivity index (χ2v) is 7.29. The summed E-state index contributed by atoms with van der Waals surface area (Å²) in [6.45, 7) is 6.20. The van der Waals surface area contributed by atoms with Crippen molar-refractivity contribution in [1.29, 1.82) is 0 Å². The normalized spacial score (nSPS) is 11.6. The van der Waals surface area contributed by atoms with Crippen molar-refractivity contribution in [3.05, 3.63) is 86.5 Å². The predicted octanol–water partition coefficient (Wildman–Crippen LogP) is 6.41. The van der Waals surface area contributed by atoms with Crippen molar-refractivity contribution in [3.8, 4) is 11.5 Å². The number of rotatable bonds is 8. The van der Waals surface area contributed by atoms with E-state index in [2.05, 4.69) is 19.9 Å². The summed E-state index contributed by atoms with van der Waals surface area (Å²) in [6.07, 6.45) is 10.1. The molecule has 0 saturated carbocycles. The van der Waals surface area contributed by atoms with E-state index in [-0.39, 0.29) is 17.2 Å². The molecule has 2 rings (SSSR count). The first-order valence-corrected chi connectivity index (χ1v) is 9.52. The number of aromatic hydroxyl groups is 2. The Labute approximate surface area is 171 Å². The van der Waals surface area contributed by atoms with Gasteiger partial charge in [-0.25, -0.2) is 0 Å². The molecular weight excluding hydrogens is 366 g/mol. The van der Waals surface area contributed by atoms with E-state index >= 15 is 0 Å². The zero-order valence-electron chi connectivity index (χ0n) is 17.1. The summed E-state index contributed by atoms with van der Waals surface area (Å²) in [4.78, 5) is 10.3. The van der Waals surface area contributed by atoms with Crippen LogP contribution in [0.15, 0.2) is 59.7 Å². The number of phenols is 2. The standard InChI is InChI=1S/C24H27NO4/c1-17(2)5-4-6-18(3)7-14-22-23(26)15-20(16-24(22)27)9-8-19-10-12-21(13-11-19)25(28)29/h5,7-13,15-16,26-27H,4,6,14H2,1-3H3/b9-8+,18-7+. The number of hydrogen-bond donors (Lipinski definition) is 2. The minimum Gasteiger partial charge on any atom is -0.507 e. The van der Waals surface area contributed by atoms with Crippen LogP contribution in [-0.4, -0.2) is 15.1 Å². The van der Waals surface area contributed by atoms with Gasteiger partial charge in [-0.15, -0.1) is 0 Å². The van der Waals surface area contributed by atoms with Crippen molar-refractivity contribution in [3.63, 3.8) is 0 Å². The number of non-ortho nitro benzene ring substituents is 1. The number of nitro benzene ring substituents is 1. The van der Waals surface area contributed by atoms with E-state index in [1.165, 1.54) is 23.3 Å². The van der Waals surface area contributed by atoms with E-state index in [0.29, 0.717) is 17.5 Å². The molecule has 0 aliphatic carbocycles. The summed E-state index contributed by atoms with van der Waals surface area (Å²) in [5, 5.41) is 31.3. The molecule has 152 valence electrons. The molecule has 0 spiro atoms. The maximum absolute atomic E-state index is 10.7. The lowest BCUT2D eigenvalue weighted by atomic mass is 10.0. The lowest BCUT2D eigenvalue weighted by molar-refractivity contribution is -0.384. The molecular formula is C24H27NO4. The van der Waals surface area contributed by atoms with Gasteiger partial charge in [0, 0.05) is 17.7 Å². The van der Waals surface area contributed by atoms with Gasteiger partial charge in [0.25, 0.3) is 5.69 Å². The molecule has 0 saturated heterocycles. The summed E-state index contributed by atoms with van der Waals surface area (Å²) >= 11 is 0. The van der Waals surface area contributed by atoms with Crippen LogP contribution in [0.5, 0.6) is 11.5 Å². The van der Waals surface area contributed by atoms with Gasteiger partial charge >= 0.3 is 0 Å². The van der Waals surface area contributed by atoms with Crippen molar-refractivity contribution in [2.24, 2.45) is 0 Å². The minimum absolute atomic E-state index is 0.0333. The van der Waals surface area contributed by atoms with Gasteiger partial charge < -0.3 is 10.2 Å². The molecule has 0 aliphatic heterocycles. The highest BCUT2D eigenvalue weighted by molar-refractivity contribution is 5.72. The molecule has 0 heterocycles. The minimum atomic E-state index is -0.444. The number of nitrogens with zero attached hydrogens (tertiary/aromatic N) is 1. The molecule has 0 atom stereocenters. The average Bonchev–Trinajstić information content (AvgIpc) is 2.65. The fraction of sp³-hybridized carbons (Fsp3) is 0.250. The van der Waals surface area contributed by atoms with Gasteiger partial charge in [-0.2, -0.15) is 0 Å². The predicted molar refractivity (Wildman–Crippen MR) is 118 cm³/mol. The maximum atomic E-state index is 10.7. The highest BCUT2D eigenvalue weighted by Crippen LogP contribution is 2.31. The molecule has 2 aromatic carbocycles. The lowest BCUT2D eigenvalue weighted by Crippen LogP contribution is -1.88. The molecule has 0 radical (unpaired) electrons. The van der Waals surface area contributed by atoms with Gasteiger partial charge in [0.05, 0.1) is 4.92 Å². The molecule has 2 N–H and O–H groups in total. The van der Waals surface area contributed by atoms with Gasteiger partial charge in [-0.1, -0.05) is 35.5 Å². The topological polar surface area (TPSA) is 83.6 Å². The second kappa shape index (κ2) is 10.3. The number of allylic oxidation sites excluding steroid dienone is 4. The highest BCUT2D eigenvalue weighted by Gasteiger charge is 2.08. The van der Waals surface area contributed by atoms with E-state index in [9.17, 15) is 20.3 Å². The zero-order valence-corrected chi connectivity index (χ0v) is 17.1.